The lowest BCUT2D eigenvalue weighted by atomic mass is 9.84. The second kappa shape index (κ2) is 7.43. The molecule has 2 rings (SSSR count). The molecule has 1 saturated carbocycles. The first-order valence-electron chi connectivity index (χ1n) is 9.06. The number of nitrogens with one attached hydrogen (secondary N) is 1. The minimum atomic E-state index is -0.0127. The summed E-state index contributed by atoms with van der Waals surface area (Å²) < 4.78 is 0. The van der Waals surface area contributed by atoms with Crippen molar-refractivity contribution in [2.75, 3.05) is 26.2 Å². The predicted molar refractivity (Wildman–Crippen MR) is 89.4 cm³/mol. The summed E-state index contributed by atoms with van der Waals surface area (Å²) in [7, 11) is 0. The molecule has 4 unspecified atom stereocenters. The molecule has 1 aliphatic heterocycles. The first-order chi connectivity index (χ1) is 9.95. The highest BCUT2D eigenvalue weighted by molar-refractivity contribution is 5.00. The molecule has 1 saturated heterocycles. The first-order valence-corrected chi connectivity index (χ1v) is 9.06. The van der Waals surface area contributed by atoms with Crippen LogP contribution in [0.25, 0.3) is 0 Å². The number of piperidine rings is 1. The summed E-state index contributed by atoms with van der Waals surface area (Å²) in [6, 6.07) is 0.452. The molecule has 3 heteroatoms. The van der Waals surface area contributed by atoms with E-state index in [4.69, 9.17) is 0 Å². The van der Waals surface area contributed by atoms with Crippen LogP contribution in [-0.4, -0.2) is 47.8 Å². The summed E-state index contributed by atoms with van der Waals surface area (Å²) in [6.45, 7) is 13.2. The molecular weight excluding hydrogens is 260 g/mol. The molecule has 0 aromatic carbocycles. The molecule has 4 atom stereocenters. The summed E-state index contributed by atoms with van der Waals surface area (Å²) in [4.78, 5) is 2.66. The van der Waals surface area contributed by atoms with E-state index in [1.807, 2.05) is 0 Å². The molecule has 0 aromatic rings. The minimum absolute atomic E-state index is 0.0127. The van der Waals surface area contributed by atoms with E-state index < -0.39 is 0 Å². The maximum Gasteiger partial charge on any atom is 0.0616 e. The Balaban J connectivity index is 1.89. The third kappa shape index (κ3) is 4.43. The zero-order chi connectivity index (χ0) is 15.5. The monoisotopic (exact) mass is 296 g/mol. The van der Waals surface area contributed by atoms with E-state index in [1.165, 1.54) is 45.3 Å². The van der Waals surface area contributed by atoms with Crippen LogP contribution in [0.15, 0.2) is 0 Å². The van der Waals surface area contributed by atoms with E-state index in [1.54, 1.807) is 0 Å². The molecule has 21 heavy (non-hydrogen) atoms. The molecule has 2 aliphatic rings. The van der Waals surface area contributed by atoms with Crippen molar-refractivity contribution < 1.29 is 5.11 Å². The molecule has 0 aromatic heterocycles. The standard InChI is InChI=1S/C18H36N2O/c1-14(2)19-18(13-21)8-5-6-17(18)7-9-20-11-15(3)10-16(4)12-20/h14-17,19,21H,5-13H2,1-4H3. The van der Waals surface area contributed by atoms with Crippen LogP contribution in [-0.2, 0) is 0 Å². The van der Waals surface area contributed by atoms with Gasteiger partial charge in [-0.25, -0.2) is 0 Å². The Morgan fingerprint density at radius 1 is 1.24 bits per heavy atom. The normalized spacial score (nSPS) is 38.3. The van der Waals surface area contributed by atoms with Crippen molar-refractivity contribution in [3.63, 3.8) is 0 Å². The molecule has 0 spiro atoms. The number of rotatable bonds is 6. The Labute approximate surface area is 131 Å². The van der Waals surface area contributed by atoms with Gasteiger partial charge >= 0.3 is 0 Å². The van der Waals surface area contributed by atoms with Crippen LogP contribution in [0.5, 0.6) is 0 Å². The largest absolute Gasteiger partial charge is 0.394 e. The average Bonchev–Trinajstić information content (AvgIpc) is 2.78. The summed E-state index contributed by atoms with van der Waals surface area (Å²) in [5, 5.41) is 13.7. The SMILES string of the molecule is CC1CC(C)CN(CCC2CCCC2(CO)NC(C)C)C1. The van der Waals surface area contributed by atoms with Crippen LogP contribution in [0.3, 0.4) is 0 Å². The number of aliphatic hydroxyl groups is 1. The highest BCUT2D eigenvalue weighted by Gasteiger charge is 2.42. The summed E-state index contributed by atoms with van der Waals surface area (Å²) >= 11 is 0. The van der Waals surface area contributed by atoms with Crippen molar-refractivity contribution in [2.45, 2.75) is 71.4 Å². The Bertz CT molecular complexity index is 310. The number of aliphatic hydroxyl groups excluding tert-OH is 1. The van der Waals surface area contributed by atoms with E-state index in [0.717, 1.165) is 18.3 Å². The topological polar surface area (TPSA) is 35.5 Å². The van der Waals surface area contributed by atoms with Crippen molar-refractivity contribution >= 4 is 0 Å². The number of likely N-dealkylation sites (tertiary alicyclic amines) is 1. The number of hydrogen-bond donors (Lipinski definition) is 2. The van der Waals surface area contributed by atoms with Gasteiger partial charge < -0.3 is 15.3 Å². The van der Waals surface area contributed by atoms with Crippen molar-refractivity contribution in [2.24, 2.45) is 17.8 Å². The Kier molecular flexibility index (Phi) is 6.10. The lowest BCUT2D eigenvalue weighted by molar-refractivity contribution is 0.0892. The molecule has 0 bridgehead atoms. The molecular formula is C18H36N2O. The third-order valence-corrected chi connectivity index (χ3v) is 5.55. The smallest absolute Gasteiger partial charge is 0.0616 e. The molecule has 124 valence electrons. The molecule has 0 amide bonds. The van der Waals surface area contributed by atoms with Crippen molar-refractivity contribution in [1.29, 1.82) is 0 Å². The van der Waals surface area contributed by atoms with Gasteiger partial charge in [-0.2, -0.15) is 0 Å². The molecule has 0 radical (unpaired) electrons. The second-order valence-corrected chi connectivity index (χ2v) is 8.20. The van der Waals surface area contributed by atoms with Gasteiger partial charge in [0.15, 0.2) is 0 Å². The van der Waals surface area contributed by atoms with Gasteiger partial charge in [-0.1, -0.05) is 34.1 Å². The molecule has 2 N–H and O–H groups in total. The van der Waals surface area contributed by atoms with E-state index in [2.05, 4.69) is 37.9 Å². The van der Waals surface area contributed by atoms with Gasteiger partial charge in [-0.05, 0) is 50.0 Å². The summed E-state index contributed by atoms with van der Waals surface area (Å²) in [5.41, 5.74) is -0.0127. The fourth-order valence-electron chi connectivity index (χ4n) is 4.90. The van der Waals surface area contributed by atoms with Crippen LogP contribution in [0, 0.1) is 17.8 Å². The Morgan fingerprint density at radius 2 is 1.90 bits per heavy atom. The highest BCUT2D eigenvalue weighted by Crippen LogP contribution is 2.38. The molecule has 3 nitrogen and oxygen atoms in total. The second-order valence-electron chi connectivity index (χ2n) is 8.20. The Morgan fingerprint density at radius 3 is 2.48 bits per heavy atom. The molecule has 2 fully saturated rings. The summed E-state index contributed by atoms with van der Waals surface area (Å²) in [6.07, 6.45) is 6.30. The van der Waals surface area contributed by atoms with Crippen LogP contribution < -0.4 is 5.32 Å². The van der Waals surface area contributed by atoms with Crippen molar-refractivity contribution in [3.8, 4) is 0 Å². The summed E-state index contributed by atoms with van der Waals surface area (Å²) in [5.74, 6) is 2.32. The van der Waals surface area contributed by atoms with Crippen molar-refractivity contribution in [1.82, 2.24) is 10.2 Å². The van der Waals surface area contributed by atoms with Gasteiger partial charge in [0.05, 0.1) is 6.61 Å². The van der Waals surface area contributed by atoms with Crippen LogP contribution >= 0.6 is 0 Å². The maximum atomic E-state index is 9.98. The highest BCUT2D eigenvalue weighted by atomic mass is 16.3. The quantitative estimate of drug-likeness (QED) is 0.791. The van der Waals surface area contributed by atoms with E-state index in [-0.39, 0.29) is 5.54 Å². The zero-order valence-electron chi connectivity index (χ0n) is 14.6. The van der Waals surface area contributed by atoms with Gasteiger partial charge in [0, 0.05) is 24.7 Å². The van der Waals surface area contributed by atoms with E-state index >= 15 is 0 Å². The van der Waals surface area contributed by atoms with Crippen LogP contribution in [0.4, 0.5) is 0 Å². The molecule has 1 aliphatic carbocycles. The number of hydrogen-bond acceptors (Lipinski definition) is 3. The lowest BCUT2D eigenvalue weighted by Gasteiger charge is -2.39. The molecule has 1 heterocycles. The fourth-order valence-corrected chi connectivity index (χ4v) is 4.90. The lowest BCUT2D eigenvalue weighted by Crippen LogP contribution is -2.54. The van der Waals surface area contributed by atoms with E-state index in [9.17, 15) is 5.11 Å². The average molecular weight is 296 g/mol. The van der Waals surface area contributed by atoms with Gasteiger partial charge in [0.1, 0.15) is 0 Å². The minimum Gasteiger partial charge on any atom is -0.394 e. The third-order valence-electron chi connectivity index (χ3n) is 5.55. The Hall–Kier alpha value is -0.120. The fraction of sp³-hybridized carbons (Fsp3) is 1.00. The van der Waals surface area contributed by atoms with E-state index in [0.29, 0.717) is 18.6 Å². The van der Waals surface area contributed by atoms with Gasteiger partial charge in [0.2, 0.25) is 0 Å². The van der Waals surface area contributed by atoms with Crippen molar-refractivity contribution in [3.05, 3.63) is 0 Å². The van der Waals surface area contributed by atoms with Gasteiger partial charge in [-0.15, -0.1) is 0 Å². The van der Waals surface area contributed by atoms with Crippen LogP contribution in [0.1, 0.15) is 59.8 Å². The maximum absolute atomic E-state index is 9.98. The zero-order valence-corrected chi connectivity index (χ0v) is 14.6. The van der Waals surface area contributed by atoms with Gasteiger partial charge in [-0.3, -0.25) is 0 Å². The van der Waals surface area contributed by atoms with Crippen LogP contribution in [0.2, 0.25) is 0 Å². The predicted octanol–water partition coefficient (Wildman–Crippen LogP) is 2.88. The van der Waals surface area contributed by atoms with Gasteiger partial charge in [0.25, 0.3) is 0 Å². The number of nitrogens with zero attached hydrogens (tertiary/aromatic N) is 1. The first kappa shape index (κ1) is 17.2.